The molecule has 1 N–H and O–H groups in total. The molecule has 1 aromatic heterocycles. The molecule has 0 aliphatic rings. The number of pyridine rings is 1. The van der Waals surface area contributed by atoms with Crippen LogP contribution in [0.3, 0.4) is 0 Å². The maximum absolute atomic E-state index is 11.6. The van der Waals surface area contributed by atoms with Gasteiger partial charge in [-0.25, -0.2) is 0 Å². The lowest BCUT2D eigenvalue weighted by Crippen LogP contribution is -2.22. The number of nitrogens with zero attached hydrogens (tertiary/aromatic N) is 2. The number of hydrogen-bond acceptors (Lipinski definition) is 3. The van der Waals surface area contributed by atoms with Gasteiger partial charge < -0.3 is 10.0 Å². The molecular formula is C11H17ClN2O2. The van der Waals surface area contributed by atoms with Crippen LogP contribution in [-0.2, 0) is 6.54 Å². The van der Waals surface area contributed by atoms with Gasteiger partial charge in [-0.2, -0.15) is 0 Å². The summed E-state index contributed by atoms with van der Waals surface area (Å²) >= 11 is 5.88. The monoisotopic (exact) mass is 244 g/mol. The topological polar surface area (TPSA) is 45.5 Å². The summed E-state index contributed by atoms with van der Waals surface area (Å²) in [5.74, 6) is -0.134. The molecule has 0 bridgehead atoms. The van der Waals surface area contributed by atoms with Gasteiger partial charge in [0, 0.05) is 12.6 Å². The van der Waals surface area contributed by atoms with Crippen molar-refractivity contribution < 1.29 is 5.11 Å². The van der Waals surface area contributed by atoms with Crippen LogP contribution in [0.5, 0.6) is 5.88 Å². The van der Waals surface area contributed by atoms with Crippen LogP contribution in [-0.4, -0.2) is 35.2 Å². The lowest BCUT2D eigenvalue weighted by Gasteiger charge is -2.13. The van der Waals surface area contributed by atoms with Crippen molar-refractivity contribution in [3.05, 3.63) is 27.0 Å². The van der Waals surface area contributed by atoms with Gasteiger partial charge in [0.1, 0.15) is 5.02 Å². The summed E-state index contributed by atoms with van der Waals surface area (Å²) < 4.78 is 1.30. The van der Waals surface area contributed by atoms with Crippen molar-refractivity contribution >= 4 is 11.6 Å². The zero-order chi connectivity index (χ0) is 12.3. The van der Waals surface area contributed by atoms with Crippen LogP contribution in [0.1, 0.15) is 12.0 Å². The summed E-state index contributed by atoms with van der Waals surface area (Å²) in [5, 5.41) is 10.00. The molecule has 90 valence electrons. The molecule has 0 atom stereocenters. The number of halogens is 1. The van der Waals surface area contributed by atoms with Crippen LogP contribution in [0.4, 0.5) is 0 Å². The number of aryl methyl sites for hydroxylation is 1. The molecule has 0 aromatic carbocycles. The Morgan fingerprint density at radius 2 is 2.12 bits per heavy atom. The molecule has 0 unspecified atom stereocenters. The first-order valence-electron chi connectivity index (χ1n) is 5.17. The van der Waals surface area contributed by atoms with E-state index >= 15 is 0 Å². The van der Waals surface area contributed by atoms with Gasteiger partial charge in [0.25, 0.3) is 5.56 Å². The van der Waals surface area contributed by atoms with Crippen LogP contribution < -0.4 is 5.56 Å². The van der Waals surface area contributed by atoms with Crippen LogP contribution in [0.2, 0.25) is 5.02 Å². The fraction of sp³-hybridized carbons (Fsp3) is 0.545. The molecule has 1 rings (SSSR count). The van der Waals surface area contributed by atoms with Crippen molar-refractivity contribution in [1.29, 1.82) is 0 Å². The molecule has 1 aromatic rings. The molecule has 0 amide bonds. The highest BCUT2D eigenvalue weighted by Gasteiger charge is 2.10. The van der Waals surface area contributed by atoms with E-state index in [2.05, 4.69) is 0 Å². The lowest BCUT2D eigenvalue weighted by molar-refractivity contribution is 0.361. The molecule has 0 saturated heterocycles. The Labute approximate surface area is 100 Å². The van der Waals surface area contributed by atoms with Gasteiger partial charge in [0.15, 0.2) is 0 Å². The number of rotatable bonds is 4. The van der Waals surface area contributed by atoms with E-state index in [0.717, 1.165) is 13.0 Å². The van der Waals surface area contributed by atoms with Gasteiger partial charge in [0.2, 0.25) is 5.88 Å². The number of aromatic hydroxyl groups is 1. The van der Waals surface area contributed by atoms with E-state index in [4.69, 9.17) is 11.6 Å². The highest BCUT2D eigenvalue weighted by atomic mass is 35.5. The highest BCUT2D eigenvalue weighted by Crippen LogP contribution is 2.24. The summed E-state index contributed by atoms with van der Waals surface area (Å²) in [5.41, 5.74) is 0.395. The second-order valence-corrected chi connectivity index (χ2v) is 4.49. The summed E-state index contributed by atoms with van der Waals surface area (Å²) in [4.78, 5) is 13.6. The average Bonchev–Trinajstić information content (AvgIpc) is 2.19. The minimum atomic E-state index is -0.210. The van der Waals surface area contributed by atoms with E-state index in [-0.39, 0.29) is 16.5 Å². The Balaban J connectivity index is 2.88. The van der Waals surface area contributed by atoms with E-state index in [9.17, 15) is 9.90 Å². The minimum absolute atomic E-state index is 0.134. The lowest BCUT2D eigenvalue weighted by atomic mass is 10.3. The SMILES string of the molecule is Cc1cc(=O)n(CCCN(C)C)c(O)c1Cl. The van der Waals surface area contributed by atoms with Gasteiger partial charge in [-0.05, 0) is 39.5 Å². The second kappa shape index (κ2) is 5.37. The molecule has 16 heavy (non-hydrogen) atoms. The molecule has 0 aliphatic heterocycles. The largest absolute Gasteiger partial charge is 0.493 e. The van der Waals surface area contributed by atoms with E-state index in [1.165, 1.54) is 10.6 Å². The molecule has 0 fully saturated rings. The average molecular weight is 245 g/mol. The molecule has 1 heterocycles. The van der Waals surface area contributed by atoms with Gasteiger partial charge in [-0.3, -0.25) is 9.36 Å². The predicted octanol–water partition coefficient (Wildman–Crippen LogP) is 1.47. The van der Waals surface area contributed by atoms with Crippen molar-refractivity contribution in [3.63, 3.8) is 0 Å². The van der Waals surface area contributed by atoms with E-state index < -0.39 is 0 Å². The third-order valence-corrected chi connectivity index (χ3v) is 2.86. The highest BCUT2D eigenvalue weighted by molar-refractivity contribution is 6.32. The molecule has 5 heteroatoms. The fourth-order valence-electron chi connectivity index (χ4n) is 1.49. The quantitative estimate of drug-likeness (QED) is 0.873. The van der Waals surface area contributed by atoms with Gasteiger partial charge in [-0.15, -0.1) is 0 Å². The first-order valence-corrected chi connectivity index (χ1v) is 5.55. The molecule has 0 aliphatic carbocycles. The van der Waals surface area contributed by atoms with Crippen molar-refractivity contribution in [3.8, 4) is 5.88 Å². The Kier molecular flexibility index (Phi) is 4.38. The molecule has 4 nitrogen and oxygen atoms in total. The summed E-state index contributed by atoms with van der Waals surface area (Å²) in [7, 11) is 3.93. The maximum atomic E-state index is 11.6. The van der Waals surface area contributed by atoms with E-state index in [1.54, 1.807) is 6.92 Å². The zero-order valence-electron chi connectivity index (χ0n) is 9.83. The van der Waals surface area contributed by atoms with Crippen molar-refractivity contribution in [2.45, 2.75) is 19.9 Å². The predicted molar refractivity (Wildman–Crippen MR) is 65.3 cm³/mol. The van der Waals surface area contributed by atoms with Crippen LogP contribution in [0.25, 0.3) is 0 Å². The van der Waals surface area contributed by atoms with Crippen LogP contribution >= 0.6 is 11.6 Å². The zero-order valence-corrected chi connectivity index (χ0v) is 10.6. The molecule has 0 radical (unpaired) electrons. The third kappa shape index (κ3) is 3.00. The van der Waals surface area contributed by atoms with Crippen molar-refractivity contribution in [2.75, 3.05) is 20.6 Å². The Bertz CT molecular complexity index is 427. The van der Waals surface area contributed by atoms with E-state index in [0.29, 0.717) is 12.1 Å². The second-order valence-electron chi connectivity index (χ2n) is 4.11. The Morgan fingerprint density at radius 3 is 2.69 bits per heavy atom. The fourth-order valence-corrected chi connectivity index (χ4v) is 1.64. The van der Waals surface area contributed by atoms with Gasteiger partial charge in [-0.1, -0.05) is 11.6 Å². The number of aromatic nitrogens is 1. The first-order chi connectivity index (χ1) is 7.43. The summed E-state index contributed by atoms with van der Waals surface area (Å²) in [6, 6.07) is 1.44. The molecule has 0 spiro atoms. The van der Waals surface area contributed by atoms with Crippen molar-refractivity contribution in [2.24, 2.45) is 0 Å². The van der Waals surface area contributed by atoms with Gasteiger partial charge in [0.05, 0.1) is 0 Å². The molecular weight excluding hydrogens is 228 g/mol. The summed E-state index contributed by atoms with van der Waals surface area (Å²) in [6.07, 6.45) is 0.792. The van der Waals surface area contributed by atoms with E-state index in [1.807, 2.05) is 19.0 Å². The Morgan fingerprint density at radius 1 is 1.50 bits per heavy atom. The Hall–Kier alpha value is -1.00. The first kappa shape index (κ1) is 13.1. The summed E-state index contributed by atoms with van der Waals surface area (Å²) in [6.45, 7) is 3.04. The normalized spacial score (nSPS) is 11.1. The number of hydrogen-bond donors (Lipinski definition) is 1. The van der Waals surface area contributed by atoms with Crippen LogP contribution in [0.15, 0.2) is 10.9 Å². The molecule has 0 saturated carbocycles. The van der Waals surface area contributed by atoms with Crippen LogP contribution in [0, 0.1) is 6.92 Å². The standard InChI is InChI=1S/C11H17ClN2O2/c1-8-7-9(15)14(11(16)10(8)12)6-4-5-13(2)3/h7,16H,4-6H2,1-3H3. The van der Waals surface area contributed by atoms with Crippen molar-refractivity contribution in [1.82, 2.24) is 9.47 Å². The smallest absolute Gasteiger partial charge is 0.253 e. The maximum Gasteiger partial charge on any atom is 0.253 e. The minimum Gasteiger partial charge on any atom is -0.493 e. The third-order valence-electron chi connectivity index (χ3n) is 2.39. The van der Waals surface area contributed by atoms with Gasteiger partial charge >= 0.3 is 0 Å².